The van der Waals surface area contributed by atoms with Crippen LogP contribution < -0.4 is 13.9 Å². The molecule has 0 spiro atoms. The molecule has 1 aliphatic heterocycles. The van der Waals surface area contributed by atoms with Crippen molar-refractivity contribution < 1.29 is 17.9 Å². The van der Waals surface area contributed by atoms with Gasteiger partial charge in [-0.2, -0.15) is 4.31 Å². The molecular weight excluding hydrogens is 447 g/mol. The summed E-state index contributed by atoms with van der Waals surface area (Å²) in [4.78, 5) is 14.6. The normalized spacial score (nSPS) is 15.1. The molecule has 0 saturated carbocycles. The third-order valence-electron chi connectivity index (χ3n) is 4.67. The minimum atomic E-state index is -4.27. The minimum Gasteiger partial charge on any atom is -0.497 e. The van der Waals surface area contributed by atoms with E-state index in [1.54, 1.807) is 12.1 Å². The van der Waals surface area contributed by atoms with Gasteiger partial charge in [0.15, 0.2) is 0 Å². The molecule has 9 heteroatoms. The van der Waals surface area contributed by atoms with E-state index < -0.39 is 16.1 Å². The number of ether oxygens (including phenoxy) is 1. The van der Waals surface area contributed by atoms with Gasteiger partial charge in [0.05, 0.1) is 30.1 Å². The van der Waals surface area contributed by atoms with E-state index >= 15 is 0 Å². The number of urea groups is 1. The van der Waals surface area contributed by atoms with Gasteiger partial charge in [0, 0.05) is 5.02 Å². The SMILES string of the molecule is COc1ccc(N2C(=O)N(Cc3ccccc3)c3cc(Cl)cc(Cl)c3S2(=O)=O)cc1. The highest BCUT2D eigenvalue weighted by Gasteiger charge is 2.44. The zero-order valence-electron chi connectivity index (χ0n) is 15.7. The number of carbonyl (C=O) groups is 1. The summed E-state index contributed by atoms with van der Waals surface area (Å²) in [6.45, 7) is 0.144. The van der Waals surface area contributed by atoms with Crippen LogP contribution in [0.2, 0.25) is 10.0 Å². The number of hydrogen-bond acceptors (Lipinski definition) is 4. The van der Waals surface area contributed by atoms with E-state index in [1.807, 2.05) is 30.3 Å². The smallest absolute Gasteiger partial charge is 0.343 e. The molecule has 6 nitrogen and oxygen atoms in total. The average molecular weight is 463 g/mol. The molecule has 0 saturated heterocycles. The highest BCUT2D eigenvalue weighted by molar-refractivity contribution is 7.94. The van der Waals surface area contributed by atoms with Crippen molar-refractivity contribution in [2.75, 3.05) is 16.3 Å². The van der Waals surface area contributed by atoms with Crippen molar-refractivity contribution in [3.8, 4) is 5.75 Å². The molecule has 1 heterocycles. The lowest BCUT2D eigenvalue weighted by Gasteiger charge is -2.36. The van der Waals surface area contributed by atoms with Crippen molar-refractivity contribution in [1.29, 1.82) is 0 Å². The number of carbonyl (C=O) groups excluding carboxylic acids is 1. The summed E-state index contributed by atoms with van der Waals surface area (Å²) in [5.74, 6) is 0.534. The van der Waals surface area contributed by atoms with Gasteiger partial charge in [-0.1, -0.05) is 53.5 Å². The fourth-order valence-electron chi connectivity index (χ4n) is 3.30. The Kier molecular flexibility index (Phi) is 5.36. The van der Waals surface area contributed by atoms with Gasteiger partial charge in [0.1, 0.15) is 10.6 Å². The first kappa shape index (κ1) is 20.5. The molecular formula is C21H16Cl2N2O4S. The van der Waals surface area contributed by atoms with Crippen LogP contribution >= 0.6 is 23.2 Å². The number of hydrogen-bond donors (Lipinski definition) is 0. The Labute approximate surface area is 184 Å². The Hall–Kier alpha value is -2.74. The first-order chi connectivity index (χ1) is 14.3. The van der Waals surface area contributed by atoms with Gasteiger partial charge in [-0.25, -0.2) is 13.2 Å². The lowest BCUT2D eigenvalue weighted by atomic mass is 10.2. The molecule has 3 aromatic carbocycles. The van der Waals surface area contributed by atoms with Crippen LogP contribution in [0.5, 0.6) is 5.75 Å². The Bertz CT molecular complexity index is 1220. The largest absolute Gasteiger partial charge is 0.497 e. The topological polar surface area (TPSA) is 66.9 Å². The second kappa shape index (κ2) is 7.83. The average Bonchev–Trinajstić information content (AvgIpc) is 2.71. The molecule has 0 unspecified atom stereocenters. The predicted molar refractivity (Wildman–Crippen MR) is 117 cm³/mol. The number of rotatable bonds is 4. The summed E-state index contributed by atoms with van der Waals surface area (Å²) in [5, 5.41) is 0.180. The number of benzene rings is 3. The van der Waals surface area contributed by atoms with Crippen LogP contribution in [0, 0.1) is 0 Å². The summed E-state index contributed by atoms with van der Waals surface area (Å²) >= 11 is 12.4. The molecule has 3 aromatic rings. The number of halogens is 2. The Morgan fingerprint density at radius 1 is 0.967 bits per heavy atom. The maximum absolute atomic E-state index is 13.4. The van der Waals surface area contributed by atoms with E-state index in [4.69, 9.17) is 27.9 Å². The van der Waals surface area contributed by atoms with Crippen LogP contribution in [-0.4, -0.2) is 21.6 Å². The van der Waals surface area contributed by atoms with Crippen molar-refractivity contribution in [2.45, 2.75) is 11.4 Å². The molecule has 1 aliphatic rings. The first-order valence-electron chi connectivity index (χ1n) is 8.87. The molecule has 0 fully saturated rings. The zero-order chi connectivity index (χ0) is 21.5. The van der Waals surface area contributed by atoms with Gasteiger partial charge in [-0.3, -0.25) is 4.90 Å². The Morgan fingerprint density at radius 2 is 1.63 bits per heavy atom. The fraction of sp³-hybridized carbons (Fsp3) is 0.0952. The minimum absolute atomic E-state index is 0.0541. The molecule has 0 N–H and O–H groups in total. The summed E-state index contributed by atoms with van der Waals surface area (Å²) < 4.78 is 32.7. The number of sulfonamides is 1. The summed E-state index contributed by atoms with van der Waals surface area (Å²) in [6.07, 6.45) is 0. The van der Waals surface area contributed by atoms with Gasteiger partial charge >= 0.3 is 6.03 Å². The summed E-state index contributed by atoms with van der Waals surface area (Å²) in [5.41, 5.74) is 1.14. The summed E-state index contributed by atoms with van der Waals surface area (Å²) in [6, 6.07) is 17.5. The molecule has 2 amide bonds. The molecule has 30 heavy (non-hydrogen) atoms. The number of methoxy groups -OCH3 is 1. The van der Waals surface area contributed by atoms with E-state index in [2.05, 4.69) is 0 Å². The molecule has 4 rings (SSSR count). The predicted octanol–water partition coefficient (Wildman–Crippen LogP) is 5.34. The van der Waals surface area contributed by atoms with Gasteiger partial charge in [-0.05, 0) is 42.0 Å². The van der Waals surface area contributed by atoms with Crippen LogP contribution in [0.4, 0.5) is 16.2 Å². The number of fused-ring (bicyclic) bond motifs is 1. The molecule has 0 aliphatic carbocycles. The third-order valence-corrected chi connectivity index (χ3v) is 7.09. The van der Waals surface area contributed by atoms with Crippen molar-refractivity contribution in [1.82, 2.24) is 0 Å². The van der Waals surface area contributed by atoms with Crippen LogP contribution in [0.25, 0.3) is 0 Å². The fourth-order valence-corrected chi connectivity index (χ4v) is 5.69. The molecule has 0 atom stereocenters. The van der Waals surface area contributed by atoms with Gasteiger partial charge in [0.2, 0.25) is 0 Å². The molecule has 0 bridgehead atoms. The highest BCUT2D eigenvalue weighted by Crippen LogP contribution is 2.43. The summed E-state index contributed by atoms with van der Waals surface area (Å²) in [7, 11) is -2.77. The molecule has 0 radical (unpaired) electrons. The van der Waals surface area contributed by atoms with Crippen LogP contribution in [-0.2, 0) is 16.6 Å². The Balaban J connectivity index is 1.91. The van der Waals surface area contributed by atoms with Crippen LogP contribution in [0.15, 0.2) is 71.6 Å². The Morgan fingerprint density at radius 3 is 2.27 bits per heavy atom. The van der Waals surface area contributed by atoms with Crippen molar-refractivity contribution in [2.24, 2.45) is 0 Å². The van der Waals surface area contributed by atoms with Gasteiger partial charge in [-0.15, -0.1) is 0 Å². The van der Waals surface area contributed by atoms with Crippen LogP contribution in [0.1, 0.15) is 5.56 Å². The van der Waals surface area contributed by atoms with Crippen LogP contribution in [0.3, 0.4) is 0 Å². The van der Waals surface area contributed by atoms with Crippen molar-refractivity contribution in [3.05, 3.63) is 82.3 Å². The van der Waals surface area contributed by atoms with Gasteiger partial charge in [0.25, 0.3) is 10.0 Å². The number of anilines is 2. The quantitative estimate of drug-likeness (QED) is 0.524. The standard InChI is InChI=1S/C21H16Cl2N2O4S/c1-29-17-9-7-16(8-10-17)25-21(26)24(13-14-5-3-2-4-6-14)19-12-15(22)11-18(23)20(19)30(25,27)28/h2-12H,13H2,1H3. The zero-order valence-corrected chi connectivity index (χ0v) is 18.1. The number of nitrogens with zero attached hydrogens (tertiary/aromatic N) is 2. The van der Waals surface area contributed by atoms with E-state index in [-0.39, 0.29) is 32.9 Å². The van der Waals surface area contributed by atoms with Crippen molar-refractivity contribution in [3.63, 3.8) is 0 Å². The van der Waals surface area contributed by atoms with E-state index in [0.29, 0.717) is 5.75 Å². The monoisotopic (exact) mass is 462 g/mol. The highest BCUT2D eigenvalue weighted by atomic mass is 35.5. The molecule has 154 valence electrons. The molecule has 0 aromatic heterocycles. The third kappa shape index (κ3) is 3.49. The lowest BCUT2D eigenvalue weighted by Crippen LogP contribution is -2.50. The van der Waals surface area contributed by atoms with Crippen molar-refractivity contribution >= 4 is 50.6 Å². The second-order valence-corrected chi connectivity index (χ2v) is 9.12. The second-order valence-electron chi connectivity index (χ2n) is 6.56. The lowest BCUT2D eigenvalue weighted by molar-refractivity contribution is 0.253. The first-order valence-corrected chi connectivity index (χ1v) is 11.1. The van der Waals surface area contributed by atoms with E-state index in [0.717, 1.165) is 9.87 Å². The number of amides is 2. The van der Waals surface area contributed by atoms with E-state index in [1.165, 1.54) is 36.3 Å². The van der Waals surface area contributed by atoms with E-state index in [9.17, 15) is 13.2 Å². The maximum atomic E-state index is 13.4. The van der Waals surface area contributed by atoms with Gasteiger partial charge < -0.3 is 4.74 Å². The maximum Gasteiger partial charge on any atom is 0.343 e.